The number of rotatable bonds is 5. The van der Waals surface area contributed by atoms with Crippen LogP contribution in [0.1, 0.15) is 40.5 Å². The summed E-state index contributed by atoms with van der Waals surface area (Å²) in [5, 5.41) is 0. The van der Waals surface area contributed by atoms with Crippen LogP contribution in [0, 0.1) is 11.8 Å². The summed E-state index contributed by atoms with van der Waals surface area (Å²) in [7, 11) is 0. The van der Waals surface area contributed by atoms with Crippen LogP contribution in [0.25, 0.3) is 0 Å². The number of allylic oxidation sites excluding steroid dienone is 2. The van der Waals surface area contributed by atoms with Crippen molar-refractivity contribution in [3.8, 4) is 0 Å². The van der Waals surface area contributed by atoms with E-state index in [1.807, 2.05) is 6.08 Å². The highest BCUT2D eigenvalue weighted by Gasteiger charge is 2.01. The van der Waals surface area contributed by atoms with Crippen LogP contribution in [0.5, 0.6) is 0 Å². The molecule has 0 aliphatic carbocycles. The molecule has 70 valence electrons. The molecule has 0 unspecified atom stereocenters. The Kier molecular flexibility index (Phi) is 5.69. The van der Waals surface area contributed by atoms with E-state index in [9.17, 15) is 4.79 Å². The largest absolute Gasteiger partial charge is 0.299 e. The van der Waals surface area contributed by atoms with E-state index in [2.05, 4.69) is 33.8 Å². The highest BCUT2D eigenvalue weighted by Crippen LogP contribution is 2.04. The first-order valence-corrected chi connectivity index (χ1v) is 4.70. The van der Waals surface area contributed by atoms with Gasteiger partial charge in [-0.15, -0.1) is 0 Å². The van der Waals surface area contributed by atoms with Crippen molar-refractivity contribution in [3.05, 3.63) is 12.2 Å². The number of carbonyl (C=O) groups is 1. The van der Waals surface area contributed by atoms with E-state index in [4.69, 9.17) is 0 Å². The molecule has 1 nitrogen and oxygen atoms in total. The molecule has 12 heavy (non-hydrogen) atoms. The van der Waals surface area contributed by atoms with Crippen LogP contribution in [0.3, 0.4) is 0 Å². The van der Waals surface area contributed by atoms with Gasteiger partial charge in [-0.05, 0) is 11.8 Å². The predicted molar refractivity (Wildman–Crippen MR) is 53.1 cm³/mol. The first-order valence-electron chi connectivity index (χ1n) is 4.70. The zero-order chi connectivity index (χ0) is 9.56. The Labute approximate surface area is 75.9 Å². The van der Waals surface area contributed by atoms with Crippen molar-refractivity contribution < 1.29 is 4.79 Å². The number of hydrogen-bond acceptors (Lipinski definition) is 1. The molecule has 0 saturated carbocycles. The molecule has 0 fully saturated rings. The van der Waals surface area contributed by atoms with Crippen LogP contribution in [-0.2, 0) is 4.79 Å². The van der Waals surface area contributed by atoms with Crippen molar-refractivity contribution in [2.45, 2.75) is 40.5 Å². The molecule has 0 rings (SSSR count). The van der Waals surface area contributed by atoms with Gasteiger partial charge in [0.1, 0.15) is 5.78 Å². The van der Waals surface area contributed by atoms with Gasteiger partial charge in [0.15, 0.2) is 0 Å². The SMILES string of the molecule is CC(C)/C=C/CC(=O)CC(C)C. The van der Waals surface area contributed by atoms with Crippen LogP contribution in [0.4, 0.5) is 0 Å². The molecule has 0 radical (unpaired) electrons. The molecular formula is C11H20O. The normalized spacial score (nSPS) is 11.8. The second-order valence-electron chi connectivity index (χ2n) is 4.01. The maximum absolute atomic E-state index is 11.2. The van der Waals surface area contributed by atoms with Crippen LogP contribution in [0.15, 0.2) is 12.2 Å². The summed E-state index contributed by atoms with van der Waals surface area (Å²) < 4.78 is 0. The first kappa shape index (κ1) is 11.4. The Morgan fingerprint density at radius 3 is 2.25 bits per heavy atom. The van der Waals surface area contributed by atoms with E-state index in [0.29, 0.717) is 30.5 Å². The fourth-order valence-electron chi connectivity index (χ4n) is 1.01. The van der Waals surface area contributed by atoms with Gasteiger partial charge in [0.25, 0.3) is 0 Å². The Hall–Kier alpha value is -0.590. The second kappa shape index (κ2) is 5.99. The molecule has 0 amide bonds. The van der Waals surface area contributed by atoms with Gasteiger partial charge in [-0.3, -0.25) is 4.79 Å². The molecule has 0 aliphatic rings. The van der Waals surface area contributed by atoms with E-state index in [-0.39, 0.29) is 0 Å². The lowest BCUT2D eigenvalue weighted by atomic mass is 10.0. The molecule has 0 spiro atoms. The molecule has 0 aromatic rings. The van der Waals surface area contributed by atoms with Crippen LogP contribution in [-0.4, -0.2) is 5.78 Å². The average molecular weight is 168 g/mol. The summed E-state index contributed by atoms with van der Waals surface area (Å²) >= 11 is 0. The summed E-state index contributed by atoms with van der Waals surface area (Å²) in [4.78, 5) is 11.2. The third-order valence-corrected chi connectivity index (χ3v) is 1.50. The molecule has 0 aromatic carbocycles. The van der Waals surface area contributed by atoms with Gasteiger partial charge in [-0.2, -0.15) is 0 Å². The molecule has 0 N–H and O–H groups in total. The molecular weight excluding hydrogens is 148 g/mol. The van der Waals surface area contributed by atoms with Crippen molar-refractivity contribution in [3.63, 3.8) is 0 Å². The Bertz CT molecular complexity index is 154. The lowest BCUT2D eigenvalue weighted by molar-refractivity contribution is -0.118. The lowest BCUT2D eigenvalue weighted by Gasteiger charge is -2.00. The third kappa shape index (κ3) is 7.52. The van der Waals surface area contributed by atoms with Gasteiger partial charge in [-0.1, -0.05) is 39.8 Å². The molecule has 0 aromatic heterocycles. The van der Waals surface area contributed by atoms with E-state index < -0.39 is 0 Å². The van der Waals surface area contributed by atoms with Gasteiger partial charge in [0, 0.05) is 12.8 Å². The minimum Gasteiger partial charge on any atom is -0.299 e. The van der Waals surface area contributed by atoms with Crippen molar-refractivity contribution in [2.75, 3.05) is 0 Å². The van der Waals surface area contributed by atoms with Gasteiger partial charge in [0.2, 0.25) is 0 Å². The topological polar surface area (TPSA) is 17.1 Å². The van der Waals surface area contributed by atoms with Crippen molar-refractivity contribution in [2.24, 2.45) is 11.8 Å². The minimum atomic E-state index is 0.349. The van der Waals surface area contributed by atoms with Gasteiger partial charge >= 0.3 is 0 Å². The van der Waals surface area contributed by atoms with Crippen molar-refractivity contribution >= 4 is 5.78 Å². The Balaban J connectivity index is 3.57. The van der Waals surface area contributed by atoms with Gasteiger partial charge in [-0.25, -0.2) is 0 Å². The summed E-state index contributed by atoms with van der Waals surface area (Å²) in [5.74, 6) is 1.39. The smallest absolute Gasteiger partial charge is 0.136 e. The highest BCUT2D eigenvalue weighted by molar-refractivity contribution is 5.79. The molecule has 0 bridgehead atoms. The van der Waals surface area contributed by atoms with Crippen LogP contribution >= 0.6 is 0 Å². The van der Waals surface area contributed by atoms with Gasteiger partial charge in [0.05, 0.1) is 0 Å². The van der Waals surface area contributed by atoms with E-state index in [1.54, 1.807) is 0 Å². The number of ketones is 1. The zero-order valence-electron chi connectivity index (χ0n) is 8.63. The molecule has 0 aliphatic heterocycles. The Morgan fingerprint density at radius 2 is 1.83 bits per heavy atom. The quantitative estimate of drug-likeness (QED) is 0.576. The van der Waals surface area contributed by atoms with Gasteiger partial charge < -0.3 is 0 Å². The highest BCUT2D eigenvalue weighted by atomic mass is 16.1. The average Bonchev–Trinajstić information content (AvgIpc) is 1.84. The standard InChI is InChI=1S/C11H20O/c1-9(2)6-5-7-11(12)8-10(3)4/h5-6,9-10H,7-8H2,1-4H3/b6-5+. The number of hydrogen-bond donors (Lipinski definition) is 0. The fraction of sp³-hybridized carbons (Fsp3) is 0.727. The molecule has 0 atom stereocenters. The molecule has 0 heterocycles. The second-order valence-corrected chi connectivity index (χ2v) is 4.01. The maximum Gasteiger partial charge on any atom is 0.136 e. The summed E-state index contributed by atoms with van der Waals surface area (Å²) in [6, 6.07) is 0. The molecule has 1 heteroatoms. The van der Waals surface area contributed by atoms with Crippen LogP contribution in [0.2, 0.25) is 0 Å². The Morgan fingerprint density at radius 1 is 1.25 bits per heavy atom. The number of carbonyl (C=O) groups excluding carboxylic acids is 1. The lowest BCUT2D eigenvalue weighted by Crippen LogP contribution is -2.00. The minimum absolute atomic E-state index is 0.349. The summed E-state index contributed by atoms with van der Waals surface area (Å²) in [6.45, 7) is 8.38. The first-order chi connectivity index (χ1) is 5.52. The number of Topliss-reactive ketones (excluding diaryl/α,β-unsaturated/α-hetero) is 1. The third-order valence-electron chi connectivity index (χ3n) is 1.50. The maximum atomic E-state index is 11.2. The van der Waals surface area contributed by atoms with E-state index in [1.165, 1.54) is 0 Å². The van der Waals surface area contributed by atoms with Crippen molar-refractivity contribution in [1.29, 1.82) is 0 Å². The van der Waals surface area contributed by atoms with E-state index in [0.717, 1.165) is 0 Å². The van der Waals surface area contributed by atoms with E-state index >= 15 is 0 Å². The molecule has 0 saturated heterocycles. The fourth-order valence-corrected chi connectivity index (χ4v) is 1.01. The predicted octanol–water partition coefficient (Wildman–Crippen LogP) is 3.20. The monoisotopic (exact) mass is 168 g/mol. The zero-order valence-corrected chi connectivity index (χ0v) is 8.63. The van der Waals surface area contributed by atoms with Crippen LogP contribution < -0.4 is 0 Å². The summed E-state index contributed by atoms with van der Waals surface area (Å²) in [6.07, 6.45) is 5.38. The van der Waals surface area contributed by atoms with Crippen molar-refractivity contribution in [1.82, 2.24) is 0 Å². The summed E-state index contributed by atoms with van der Waals surface area (Å²) in [5.41, 5.74) is 0.